The molecule has 4 nitrogen and oxygen atoms in total. The van der Waals surface area contributed by atoms with E-state index in [1.54, 1.807) is 48.5 Å². The summed E-state index contributed by atoms with van der Waals surface area (Å²) < 4.78 is 9.55. The third-order valence-corrected chi connectivity index (χ3v) is 3.28. The van der Waals surface area contributed by atoms with Crippen molar-refractivity contribution in [2.45, 2.75) is 0 Å². The van der Waals surface area contributed by atoms with E-state index in [0.717, 1.165) is 0 Å². The second-order valence-electron chi connectivity index (χ2n) is 4.84. The summed E-state index contributed by atoms with van der Waals surface area (Å²) in [5.41, 5.74) is 9.71. The van der Waals surface area contributed by atoms with Gasteiger partial charge in [0, 0.05) is 0 Å². The summed E-state index contributed by atoms with van der Waals surface area (Å²) in [4.78, 5) is 23.9. The number of benzene rings is 2. The standard InChI is InChI=1S/C21H16O4/c1-24-20(22)18(16-10-5-3-6-11-16)14-9-15-19(21(23)25-2)17-12-7-4-8-13-17/h3-8,10-13H,1-2H3. The lowest BCUT2D eigenvalue weighted by Gasteiger charge is -2.01. The van der Waals surface area contributed by atoms with Crippen LogP contribution in [-0.2, 0) is 19.1 Å². The topological polar surface area (TPSA) is 52.6 Å². The Bertz CT molecular complexity index is 818. The first kappa shape index (κ1) is 17.8. The van der Waals surface area contributed by atoms with Crippen LogP contribution in [0.25, 0.3) is 11.1 Å². The molecule has 0 saturated heterocycles. The van der Waals surface area contributed by atoms with E-state index in [1.807, 2.05) is 12.1 Å². The minimum atomic E-state index is -0.556. The van der Waals surface area contributed by atoms with Gasteiger partial charge in [0.05, 0.1) is 14.2 Å². The molecular formula is C21H16O4. The van der Waals surface area contributed by atoms with E-state index in [0.29, 0.717) is 11.1 Å². The van der Waals surface area contributed by atoms with Crippen LogP contribution in [0, 0.1) is 0 Å². The van der Waals surface area contributed by atoms with Crippen molar-refractivity contribution in [3.8, 4) is 0 Å². The molecule has 2 rings (SSSR count). The average Bonchev–Trinajstić information content (AvgIpc) is 2.68. The molecule has 2 aromatic rings. The zero-order valence-corrected chi connectivity index (χ0v) is 13.9. The summed E-state index contributed by atoms with van der Waals surface area (Å²) in [7, 11) is 2.58. The molecule has 0 amide bonds. The molecule has 0 N–H and O–H groups in total. The molecule has 0 aromatic heterocycles. The number of hydrogen-bond donors (Lipinski definition) is 0. The van der Waals surface area contributed by atoms with Crippen molar-refractivity contribution in [2.75, 3.05) is 14.2 Å². The quantitative estimate of drug-likeness (QED) is 0.489. The molecule has 0 saturated carbocycles. The van der Waals surface area contributed by atoms with Gasteiger partial charge in [0.1, 0.15) is 11.1 Å². The zero-order valence-electron chi connectivity index (χ0n) is 13.9. The monoisotopic (exact) mass is 332 g/mol. The predicted molar refractivity (Wildman–Crippen MR) is 94.3 cm³/mol. The van der Waals surface area contributed by atoms with Crippen molar-refractivity contribution >= 4 is 23.1 Å². The van der Waals surface area contributed by atoms with Crippen LogP contribution in [0.2, 0.25) is 0 Å². The molecular weight excluding hydrogens is 316 g/mol. The Balaban J connectivity index is 2.68. The van der Waals surface area contributed by atoms with Gasteiger partial charge in [-0.1, -0.05) is 60.7 Å². The van der Waals surface area contributed by atoms with Gasteiger partial charge in [-0.3, -0.25) is 0 Å². The van der Waals surface area contributed by atoms with Gasteiger partial charge >= 0.3 is 11.9 Å². The molecule has 0 heterocycles. The molecule has 2 aromatic carbocycles. The Kier molecular flexibility index (Phi) is 6.36. The van der Waals surface area contributed by atoms with Gasteiger partial charge in [-0.25, -0.2) is 9.59 Å². The molecule has 0 aliphatic rings. The van der Waals surface area contributed by atoms with E-state index in [2.05, 4.69) is 17.2 Å². The van der Waals surface area contributed by atoms with Gasteiger partial charge in [-0.05, 0) is 28.3 Å². The summed E-state index contributed by atoms with van der Waals surface area (Å²) >= 11 is 0. The van der Waals surface area contributed by atoms with E-state index in [9.17, 15) is 9.59 Å². The van der Waals surface area contributed by atoms with Crippen LogP contribution < -0.4 is 0 Å². The fraction of sp³-hybridized carbons (Fsp3) is 0.0952. The normalized spacial score (nSPS) is 9.04. The van der Waals surface area contributed by atoms with E-state index >= 15 is 0 Å². The first-order valence-corrected chi connectivity index (χ1v) is 7.45. The van der Waals surface area contributed by atoms with E-state index in [1.165, 1.54) is 14.2 Å². The van der Waals surface area contributed by atoms with E-state index < -0.39 is 11.9 Å². The van der Waals surface area contributed by atoms with Gasteiger partial charge < -0.3 is 9.47 Å². The molecule has 0 spiro atoms. The molecule has 0 bridgehead atoms. The molecule has 124 valence electrons. The molecule has 0 atom stereocenters. The smallest absolute Gasteiger partial charge is 0.347 e. The first-order chi connectivity index (χ1) is 12.2. The highest BCUT2D eigenvalue weighted by Crippen LogP contribution is 2.15. The minimum absolute atomic E-state index is 0.188. The van der Waals surface area contributed by atoms with Crippen LogP contribution >= 0.6 is 0 Å². The summed E-state index contributed by atoms with van der Waals surface area (Å²) in [6.07, 6.45) is 0. The number of rotatable bonds is 4. The fourth-order valence-electron chi connectivity index (χ4n) is 2.05. The number of ether oxygens (including phenoxy) is 2. The highest BCUT2D eigenvalue weighted by molar-refractivity contribution is 6.17. The average molecular weight is 332 g/mol. The van der Waals surface area contributed by atoms with Crippen LogP contribution in [0.4, 0.5) is 0 Å². The third kappa shape index (κ3) is 4.71. The Morgan fingerprint density at radius 1 is 0.680 bits per heavy atom. The highest BCUT2D eigenvalue weighted by atomic mass is 16.5. The molecule has 0 aliphatic heterocycles. The second kappa shape index (κ2) is 8.93. The Hall–Kier alpha value is -3.54. The number of methoxy groups -OCH3 is 2. The SMILES string of the molecule is COC(=O)C(=C=C=C=C(C(=O)OC)c1ccccc1)c1ccccc1. The van der Waals surface area contributed by atoms with Crippen LogP contribution in [0.5, 0.6) is 0 Å². The maximum absolute atomic E-state index is 12.0. The number of carbonyl (C=O) groups is 2. The van der Waals surface area contributed by atoms with Crippen LogP contribution in [0.15, 0.2) is 77.9 Å². The summed E-state index contributed by atoms with van der Waals surface area (Å²) in [6, 6.07) is 17.9. The van der Waals surface area contributed by atoms with Crippen molar-refractivity contribution in [3.05, 3.63) is 89.0 Å². The van der Waals surface area contributed by atoms with Crippen molar-refractivity contribution in [3.63, 3.8) is 0 Å². The second-order valence-corrected chi connectivity index (χ2v) is 4.84. The Labute approximate surface area is 146 Å². The van der Waals surface area contributed by atoms with Crippen LogP contribution in [0.1, 0.15) is 11.1 Å². The summed E-state index contributed by atoms with van der Waals surface area (Å²) in [5, 5.41) is 0. The number of carbonyl (C=O) groups excluding carboxylic acids is 2. The molecule has 4 heteroatoms. The van der Waals surface area contributed by atoms with Crippen molar-refractivity contribution < 1.29 is 19.1 Å². The van der Waals surface area contributed by atoms with Gasteiger partial charge in [0.15, 0.2) is 0 Å². The van der Waals surface area contributed by atoms with Gasteiger partial charge in [0.25, 0.3) is 0 Å². The number of esters is 2. The first-order valence-electron chi connectivity index (χ1n) is 7.45. The van der Waals surface area contributed by atoms with Gasteiger partial charge in [0.2, 0.25) is 0 Å². The van der Waals surface area contributed by atoms with Gasteiger partial charge in [-0.2, -0.15) is 0 Å². The summed E-state index contributed by atoms with van der Waals surface area (Å²) in [6.45, 7) is 0. The maximum Gasteiger partial charge on any atom is 0.347 e. The van der Waals surface area contributed by atoms with Crippen LogP contribution in [0.3, 0.4) is 0 Å². The Morgan fingerprint density at radius 3 is 1.36 bits per heavy atom. The van der Waals surface area contributed by atoms with Crippen molar-refractivity contribution in [1.29, 1.82) is 0 Å². The molecule has 25 heavy (non-hydrogen) atoms. The molecule has 0 radical (unpaired) electrons. The lowest BCUT2D eigenvalue weighted by molar-refractivity contribution is -0.134. The zero-order chi connectivity index (χ0) is 18.1. The Morgan fingerprint density at radius 2 is 1.04 bits per heavy atom. The number of hydrogen-bond acceptors (Lipinski definition) is 4. The molecule has 0 fully saturated rings. The van der Waals surface area contributed by atoms with E-state index in [4.69, 9.17) is 9.47 Å². The fourth-order valence-corrected chi connectivity index (χ4v) is 2.05. The van der Waals surface area contributed by atoms with Crippen molar-refractivity contribution in [1.82, 2.24) is 0 Å². The molecule has 0 aliphatic carbocycles. The third-order valence-electron chi connectivity index (χ3n) is 3.28. The van der Waals surface area contributed by atoms with Crippen LogP contribution in [-0.4, -0.2) is 26.2 Å². The highest BCUT2D eigenvalue weighted by Gasteiger charge is 2.12. The lowest BCUT2D eigenvalue weighted by atomic mass is 10.1. The van der Waals surface area contributed by atoms with Gasteiger partial charge in [-0.15, -0.1) is 0 Å². The maximum atomic E-state index is 12.0. The minimum Gasteiger partial charge on any atom is -0.465 e. The van der Waals surface area contributed by atoms with Crippen molar-refractivity contribution in [2.24, 2.45) is 0 Å². The lowest BCUT2D eigenvalue weighted by Crippen LogP contribution is -2.03. The largest absolute Gasteiger partial charge is 0.465 e. The summed E-state index contributed by atoms with van der Waals surface area (Å²) in [5.74, 6) is -1.11. The molecule has 0 unspecified atom stereocenters. The van der Waals surface area contributed by atoms with E-state index in [-0.39, 0.29) is 11.1 Å². The predicted octanol–water partition coefficient (Wildman–Crippen LogP) is 3.41.